The van der Waals surface area contributed by atoms with E-state index >= 15 is 0 Å². The molecule has 7 heteroatoms. The van der Waals surface area contributed by atoms with E-state index in [1.165, 1.54) is 42.5 Å². The molecule has 2 N–H and O–H groups in total. The first kappa shape index (κ1) is 17.5. The molecule has 5 nitrogen and oxygen atoms in total. The number of benzene rings is 2. The second kappa shape index (κ2) is 7.69. The van der Waals surface area contributed by atoms with Crippen LogP contribution in [0.15, 0.2) is 54.6 Å². The van der Waals surface area contributed by atoms with Crippen LogP contribution in [0.3, 0.4) is 0 Å². The van der Waals surface area contributed by atoms with Gasteiger partial charge in [-0.1, -0.05) is 12.1 Å². The topological polar surface area (TPSA) is 66.9 Å². The third kappa shape index (κ3) is 4.60. The Morgan fingerprint density at radius 3 is 2.23 bits per heavy atom. The lowest BCUT2D eigenvalue weighted by Crippen LogP contribution is -2.15. The number of hydrogen-bond acceptors (Lipinski definition) is 4. The Balaban J connectivity index is 1.71. The standard InChI is InChI=1S/C19H16F2N4O/c1-12-23-17(19(26)25-16-8-6-15(21)7-9-16)10-18(24-12)22-11-13-2-4-14(20)5-3-13/h2-10H,11H2,1H3,(H,25,26)(H,22,23,24). The molecule has 0 radical (unpaired) electrons. The summed E-state index contributed by atoms with van der Waals surface area (Å²) < 4.78 is 25.9. The van der Waals surface area contributed by atoms with Crippen LogP contribution in [0.5, 0.6) is 0 Å². The molecule has 3 rings (SSSR count). The second-order valence-electron chi connectivity index (χ2n) is 5.63. The zero-order valence-corrected chi connectivity index (χ0v) is 14.0. The van der Waals surface area contributed by atoms with Gasteiger partial charge >= 0.3 is 0 Å². The number of nitrogens with one attached hydrogen (secondary N) is 2. The maximum atomic E-state index is 12.9. The van der Waals surface area contributed by atoms with Gasteiger partial charge in [0.25, 0.3) is 5.91 Å². The molecule has 0 aliphatic rings. The molecule has 0 unspecified atom stereocenters. The van der Waals surface area contributed by atoms with Crippen LogP contribution in [0.1, 0.15) is 21.9 Å². The summed E-state index contributed by atoms with van der Waals surface area (Å²) >= 11 is 0. The highest BCUT2D eigenvalue weighted by Crippen LogP contribution is 2.13. The van der Waals surface area contributed by atoms with Gasteiger partial charge in [0.05, 0.1) is 0 Å². The van der Waals surface area contributed by atoms with Crippen molar-refractivity contribution in [3.8, 4) is 0 Å². The van der Waals surface area contributed by atoms with Crippen molar-refractivity contribution in [3.05, 3.63) is 83.3 Å². The third-order valence-electron chi connectivity index (χ3n) is 3.56. The van der Waals surface area contributed by atoms with Crippen molar-refractivity contribution in [3.63, 3.8) is 0 Å². The molecule has 26 heavy (non-hydrogen) atoms. The number of carbonyl (C=O) groups excluding carboxylic acids is 1. The van der Waals surface area contributed by atoms with Crippen molar-refractivity contribution in [2.75, 3.05) is 10.6 Å². The Hall–Kier alpha value is -3.35. The van der Waals surface area contributed by atoms with E-state index in [4.69, 9.17) is 0 Å². The maximum Gasteiger partial charge on any atom is 0.274 e. The molecule has 3 aromatic rings. The minimum absolute atomic E-state index is 0.184. The largest absolute Gasteiger partial charge is 0.366 e. The van der Waals surface area contributed by atoms with E-state index in [9.17, 15) is 13.6 Å². The summed E-state index contributed by atoms with van der Waals surface area (Å²) in [6, 6.07) is 13.1. The molecule has 1 aromatic heterocycles. The van der Waals surface area contributed by atoms with Crippen LogP contribution in [0.4, 0.5) is 20.3 Å². The minimum atomic E-state index is -0.424. The van der Waals surface area contributed by atoms with Crippen molar-refractivity contribution in [2.45, 2.75) is 13.5 Å². The van der Waals surface area contributed by atoms with Crippen molar-refractivity contribution >= 4 is 17.4 Å². The lowest BCUT2D eigenvalue weighted by molar-refractivity contribution is 0.102. The van der Waals surface area contributed by atoms with E-state index in [-0.39, 0.29) is 17.3 Å². The van der Waals surface area contributed by atoms with E-state index in [0.29, 0.717) is 23.9 Å². The predicted molar refractivity (Wildman–Crippen MR) is 94.8 cm³/mol. The van der Waals surface area contributed by atoms with Crippen molar-refractivity contribution in [2.24, 2.45) is 0 Å². The van der Waals surface area contributed by atoms with E-state index in [1.807, 2.05) is 0 Å². The minimum Gasteiger partial charge on any atom is -0.366 e. The summed E-state index contributed by atoms with van der Waals surface area (Å²) in [5.41, 5.74) is 1.52. The molecule has 0 saturated heterocycles. The van der Waals surface area contributed by atoms with Crippen LogP contribution in [-0.4, -0.2) is 15.9 Å². The van der Waals surface area contributed by atoms with Crippen molar-refractivity contribution in [1.29, 1.82) is 0 Å². The summed E-state index contributed by atoms with van der Waals surface area (Å²) in [5.74, 6) is -0.198. The van der Waals surface area contributed by atoms with Gasteiger partial charge in [0.1, 0.15) is 29.0 Å². The summed E-state index contributed by atoms with van der Waals surface area (Å²) in [5, 5.41) is 5.74. The SMILES string of the molecule is Cc1nc(NCc2ccc(F)cc2)cc(C(=O)Nc2ccc(F)cc2)n1. The first-order valence-electron chi connectivity index (χ1n) is 7.90. The summed E-state index contributed by atoms with van der Waals surface area (Å²) in [6.45, 7) is 2.10. The van der Waals surface area contributed by atoms with E-state index in [0.717, 1.165) is 5.56 Å². The highest BCUT2D eigenvalue weighted by Gasteiger charge is 2.11. The molecular weight excluding hydrogens is 338 g/mol. The van der Waals surface area contributed by atoms with E-state index in [2.05, 4.69) is 20.6 Å². The van der Waals surface area contributed by atoms with Gasteiger partial charge in [0.15, 0.2) is 0 Å². The zero-order chi connectivity index (χ0) is 18.5. The van der Waals surface area contributed by atoms with Crippen LogP contribution in [0, 0.1) is 18.6 Å². The normalized spacial score (nSPS) is 10.4. The second-order valence-corrected chi connectivity index (χ2v) is 5.63. The summed E-state index contributed by atoms with van der Waals surface area (Å²) in [4.78, 5) is 20.7. The lowest BCUT2D eigenvalue weighted by Gasteiger charge is -2.09. The van der Waals surface area contributed by atoms with Gasteiger partial charge in [-0.05, 0) is 48.9 Å². The first-order chi connectivity index (χ1) is 12.5. The Bertz CT molecular complexity index is 912. The summed E-state index contributed by atoms with van der Waals surface area (Å²) in [6.07, 6.45) is 0. The molecule has 0 bridgehead atoms. The number of nitrogens with zero attached hydrogens (tertiary/aromatic N) is 2. The number of anilines is 2. The van der Waals surface area contributed by atoms with Gasteiger partial charge in [-0.25, -0.2) is 18.7 Å². The number of hydrogen-bond donors (Lipinski definition) is 2. The van der Waals surface area contributed by atoms with Crippen molar-refractivity contribution in [1.82, 2.24) is 9.97 Å². The molecule has 132 valence electrons. The van der Waals surface area contributed by atoms with Crippen LogP contribution in [0.2, 0.25) is 0 Å². The summed E-state index contributed by atoms with van der Waals surface area (Å²) in [7, 11) is 0. The molecule has 0 aliphatic heterocycles. The number of aryl methyl sites for hydroxylation is 1. The van der Waals surface area contributed by atoms with Gasteiger partial charge in [0, 0.05) is 18.3 Å². The van der Waals surface area contributed by atoms with Crippen molar-refractivity contribution < 1.29 is 13.6 Å². The van der Waals surface area contributed by atoms with Gasteiger partial charge in [0.2, 0.25) is 0 Å². The number of aromatic nitrogens is 2. The fourth-order valence-corrected chi connectivity index (χ4v) is 2.30. The smallest absolute Gasteiger partial charge is 0.274 e. The molecule has 1 amide bonds. The van der Waals surface area contributed by atoms with Crippen LogP contribution in [0.25, 0.3) is 0 Å². The average molecular weight is 354 g/mol. The maximum absolute atomic E-state index is 12.9. The number of rotatable bonds is 5. The Kier molecular flexibility index (Phi) is 5.17. The first-order valence-corrected chi connectivity index (χ1v) is 7.90. The van der Waals surface area contributed by atoms with Gasteiger partial charge in [-0.2, -0.15) is 0 Å². The molecule has 0 saturated carbocycles. The fourth-order valence-electron chi connectivity index (χ4n) is 2.30. The molecule has 0 fully saturated rings. The molecule has 0 atom stereocenters. The average Bonchev–Trinajstić information content (AvgIpc) is 2.63. The number of amides is 1. The Labute approximate surface area is 149 Å². The van der Waals surface area contributed by atoms with Crippen LogP contribution >= 0.6 is 0 Å². The molecule has 0 spiro atoms. The van der Waals surface area contributed by atoms with Crippen LogP contribution in [-0.2, 0) is 6.54 Å². The highest BCUT2D eigenvalue weighted by atomic mass is 19.1. The lowest BCUT2D eigenvalue weighted by atomic mass is 10.2. The van der Waals surface area contributed by atoms with Crippen LogP contribution < -0.4 is 10.6 Å². The Morgan fingerprint density at radius 2 is 1.58 bits per heavy atom. The van der Waals surface area contributed by atoms with Gasteiger partial charge < -0.3 is 10.6 Å². The predicted octanol–water partition coefficient (Wildman–Crippen LogP) is 3.93. The molecule has 2 aromatic carbocycles. The van der Waals surface area contributed by atoms with Gasteiger partial charge in [-0.15, -0.1) is 0 Å². The van der Waals surface area contributed by atoms with E-state index < -0.39 is 5.91 Å². The quantitative estimate of drug-likeness (QED) is 0.729. The highest BCUT2D eigenvalue weighted by molar-refractivity contribution is 6.03. The number of halogens is 2. The third-order valence-corrected chi connectivity index (χ3v) is 3.56. The molecule has 0 aliphatic carbocycles. The number of carbonyl (C=O) groups is 1. The van der Waals surface area contributed by atoms with E-state index in [1.54, 1.807) is 19.1 Å². The fraction of sp³-hybridized carbons (Fsp3) is 0.105. The monoisotopic (exact) mass is 354 g/mol. The van der Waals surface area contributed by atoms with Gasteiger partial charge in [-0.3, -0.25) is 4.79 Å². The molecular formula is C19H16F2N4O. The molecule has 1 heterocycles. The Morgan fingerprint density at radius 1 is 0.962 bits per heavy atom. The zero-order valence-electron chi connectivity index (χ0n) is 14.0.